The van der Waals surface area contributed by atoms with Gasteiger partial charge in [-0.2, -0.15) is 0 Å². The van der Waals surface area contributed by atoms with E-state index in [-0.39, 0.29) is 5.69 Å². The molecular formula is C12H11ClN4O2. The lowest BCUT2D eigenvalue weighted by atomic mass is 10.1. The lowest BCUT2D eigenvalue weighted by Gasteiger charge is -2.06. The summed E-state index contributed by atoms with van der Waals surface area (Å²) in [5.41, 5.74) is 1.09. The van der Waals surface area contributed by atoms with Crippen molar-refractivity contribution in [2.24, 2.45) is 0 Å². The summed E-state index contributed by atoms with van der Waals surface area (Å²) in [6.07, 6.45) is 3.79. The van der Waals surface area contributed by atoms with E-state index in [4.69, 9.17) is 11.6 Å². The number of nitro groups is 1. The van der Waals surface area contributed by atoms with E-state index in [9.17, 15) is 10.1 Å². The maximum Gasteiger partial charge on any atom is 0.269 e. The Bertz CT molecular complexity index is 574. The van der Waals surface area contributed by atoms with Gasteiger partial charge in [0.15, 0.2) is 11.0 Å². The minimum absolute atomic E-state index is 0.0914. The summed E-state index contributed by atoms with van der Waals surface area (Å²) in [6.45, 7) is 0.621. The number of nitro benzene ring substituents is 1. The van der Waals surface area contributed by atoms with Crippen molar-refractivity contribution in [2.75, 3.05) is 11.9 Å². The molecule has 2 aromatic rings. The smallest absolute Gasteiger partial charge is 0.269 e. The molecule has 0 saturated carbocycles. The van der Waals surface area contributed by atoms with Crippen LogP contribution < -0.4 is 5.32 Å². The average molecular weight is 279 g/mol. The summed E-state index contributed by atoms with van der Waals surface area (Å²) in [6, 6.07) is 6.45. The zero-order valence-electron chi connectivity index (χ0n) is 9.91. The van der Waals surface area contributed by atoms with Crippen LogP contribution in [0.2, 0.25) is 5.15 Å². The molecule has 0 bridgehead atoms. The third kappa shape index (κ3) is 3.62. The highest BCUT2D eigenvalue weighted by atomic mass is 35.5. The number of hydrogen-bond donors (Lipinski definition) is 1. The number of anilines is 1. The quantitative estimate of drug-likeness (QED) is 0.672. The zero-order valence-corrected chi connectivity index (χ0v) is 10.7. The molecule has 0 atom stereocenters. The lowest BCUT2D eigenvalue weighted by molar-refractivity contribution is -0.384. The fourth-order valence-electron chi connectivity index (χ4n) is 1.55. The standard InChI is InChI=1S/C12H11ClN4O2/c13-11-12(16-8-7-14-11)15-6-5-9-1-3-10(4-2-9)17(18)19/h1-4,7-8H,5-6H2,(H,15,16). The van der Waals surface area contributed by atoms with Crippen molar-refractivity contribution < 1.29 is 4.92 Å². The number of benzene rings is 1. The van der Waals surface area contributed by atoms with E-state index in [1.54, 1.807) is 18.3 Å². The summed E-state index contributed by atoms with van der Waals surface area (Å²) in [5.74, 6) is 0.533. The predicted molar refractivity (Wildman–Crippen MR) is 72.3 cm³/mol. The highest BCUT2D eigenvalue weighted by Crippen LogP contribution is 2.15. The molecule has 7 heteroatoms. The molecule has 98 valence electrons. The molecule has 0 spiro atoms. The number of nitrogens with one attached hydrogen (secondary N) is 1. The Hall–Kier alpha value is -2.21. The van der Waals surface area contributed by atoms with Gasteiger partial charge in [0.05, 0.1) is 4.92 Å². The Balaban J connectivity index is 1.89. The number of non-ortho nitro benzene ring substituents is 1. The molecule has 0 unspecified atom stereocenters. The first-order valence-electron chi connectivity index (χ1n) is 5.60. The van der Waals surface area contributed by atoms with Crippen LogP contribution in [0.1, 0.15) is 5.56 Å². The number of aromatic nitrogens is 2. The van der Waals surface area contributed by atoms with Crippen LogP contribution in [0.3, 0.4) is 0 Å². The van der Waals surface area contributed by atoms with E-state index in [0.29, 0.717) is 23.9 Å². The maximum atomic E-state index is 10.5. The van der Waals surface area contributed by atoms with Crippen LogP contribution in [0.4, 0.5) is 11.5 Å². The maximum absolute atomic E-state index is 10.5. The van der Waals surface area contributed by atoms with Crippen molar-refractivity contribution in [2.45, 2.75) is 6.42 Å². The van der Waals surface area contributed by atoms with Crippen LogP contribution in [-0.2, 0) is 6.42 Å². The normalized spacial score (nSPS) is 10.2. The van der Waals surface area contributed by atoms with Crippen LogP contribution in [0.25, 0.3) is 0 Å². The monoisotopic (exact) mass is 278 g/mol. The van der Waals surface area contributed by atoms with Gasteiger partial charge < -0.3 is 5.32 Å². The SMILES string of the molecule is O=[N+]([O-])c1ccc(CCNc2nccnc2Cl)cc1. The molecule has 0 saturated heterocycles. The lowest BCUT2D eigenvalue weighted by Crippen LogP contribution is -2.07. The van der Waals surface area contributed by atoms with Crippen molar-refractivity contribution in [1.29, 1.82) is 0 Å². The Morgan fingerprint density at radius 2 is 1.89 bits per heavy atom. The fraction of sp³-hybridized carbons (Fsp3) is 0.167. The topological polar surface area (TPSA) is 81.0 Å². The van der Waals surface area contributed by atoms with Gasteiger partial charge in [-0.15, -0.1) is 0 Å². The van der Waals surface area contributed by atoms with Crippen LogP contribution in [-0.4, -0.2) is 21.4 Å². The predicted octanol–water partition coefficient (Wildman–Crippen LogP) is 2.69. The second kappa shape index (κ2) is 6.10. The number of nitrogens with zero attached hydrogens (tertiary/aromatic N) is 3. The first-order chi connectivity index (χ1) is 9.16. The van der Waals surface area contributed by atoms with Gasteiger partial charge in [0.1, 0.15) is 0 Å². The van der Waals surface area contributed by atoms with E-state index in [0.717, 1.165) is 5.56 Å². The van der Waals surface area contributed by atoms with Crippen LogP contribution in [0.15, 0.2) is 36.7 Å². The van der Waals surface area contributed by atoms with Crippen molar-refractivity contribution in [1.82, 2.24) is 9.97 Å². The average Bonchev–Trinajstić information content (AvgIpc) is 2.41. The minimum Gasteiger partial charge on any atom is -0.367 e. The van der Waals surface area contributed by atoms with Gasteiger partial charge in [-0.25, -0.2) is 9.97 Å². The first kappa shape index (κ1) is 13.2. The molecule has 0 aliphatic rings. The van der Waals surface area contributed by atoms with Crippen molar-refractivity contribution in [3.63, 3.8) is 0 Å². The van der Waals surface area contributed by atoms with Crippen LogP contribution >= 0.6 is 11.6 Å². The molecule has 2 rings (SSSR count). The number of hydrogen-bond acceptors (Lipinski definition) is 5. The summed E-state index contributed by atoms with van der Waals surface area (Å²) in [7, 11) is 0. The minimum atomic E-state index is -0.415. The Morgan fingerprint density at radius 3 is 2.53 bits per heavy atom. The van der Waals surface area contributed by atoms with E-state index < -0.39 is 4.92 Å². The van der Waals surface area contributed by atoms with Crippen LogP contribution in [0.5, 0.6) is 0 Å². The van der Waals surface area contributed by atoms with Crippen molar-refractivity contribution in [3.8, 4) is 0 Å². The molecule has 1 heterocycles. The van der Waals surface area contributed by atoms with E-state index in [1.165, 1.54) is 18.3 Å². The Morgan fingerprint density at radius 1 is 1.21 bits per heavy atom. The first-order valence-corrected chi connectivity index (χ1v) is 5.98. The largest absolute Gasteiger partial charge is 0.367 e. The van der Waals surface area contributed by atoms with E-state index >= 15 is 0 Å². The second-order valence-electron chi connectivity index (χ2n) is 3.80. The molecule has 6 nitrogen and oxygen atoms in total. The van der Waals surface area contributed by atoms with Gasteiger partial charge in [-0.1, -0.05) is 23.7 Å². The molecule has 0 aliphatic heterocycles. The van der Waals surface area contributed by atoms with Crippen LogP contribution in [0, 0.1) is 10.1 Å². The second-order valence-corrected chi connectivity index (χ2v) is 4.15. The fourth-order valence-corrected chi connectivity index (χ4v) is 1.72. The molecule has 1 N–H and O–H groups in total. The molecule has 0 fully saturated rings. The summed E-state index contributed by atoms with van der Waals surface area (Å²) in [5, 5.41) is 13.9. The third-order valence-corrected chi connectivity index (χ3v) is 2.78. The van der Waals surface area contributed by atoms with Gasteiger partial charge in [-0.3, -0.25) is 10.1 Å². The van der Waals surface area contributed by atoms with Gasteiger partial charge >= 0.3 is 0 Å². The van der Waals surface area contributed by atoms with E-state index in [2.05, 4.69) is 15.3 Å². The molecule has 19 heavy (non-hydrogen) atoms. The summed E-state index contributed by atoms with van der Waals surface area (Å²) < 4.78 is 0. The highest BCUT2D eigenvalue weighted by molar-refractivity contribution is 6.31. The molecule has 0 aliphatic carbocycles. The molecule has 1 aromatic heterocycles. The molecular weight excluding hydrogens is 268 g/mol. The van der Waals surface area contributed by atoms with Gasteiger partial charge in [0, 0.05) is 31.1 Å². The van der Waals surface area contributed by atoms with E-state index in [1.807, 2.05) is 0 Å². The van der Waals surface area contributed by atoms with Crippen molar-refractivity contribution >= 4 is 23.1 Å². The Labute approximate surface area is 114 Å². The van der Waals surface area contributed by atoms with Crippen molar-refractivity contribution in [3.05, 3.63) is 57.5 Å². The number of rotatable bonds is 5. The molecule has 1 aromatic carbocycles. The highest BCUT2D eigenvalue weighted by Gasteiger charge is 2.04. The van der Waals surface area contributed by atoms with Gasteiger partial charge in [0.2, 0.25) is 0 Å². The molecule has 0 amide bonds. The number of halogens is 1. The third-order valence-electron chi connectivity index (χ3n) is 2.51. The zero-order chi connectivity index (χ0) is 13.7. The summed E-state index contributed by atoms with van der Waals surface area (Å²) in [4.78, 5) is 18.0. The summed E-state index contributed by atoms with van der Waals surface area (Å²) >= 11 is 5.85. The Kier molecular flexibility index (Phi) is 4.25. The molecule has 0 radical (unpaired) electrons. The van der Waals surface area contributed by atoms with Gasteiger partial charge in [0.25, 0.3) is 5.69 Å². The van der Waals surface area contributed by atoms with Gasteiger partial charge in [-0.05, 0) is 12.0 Å².